The van der Waals surface area contributed by atoms with Gasteiger partial charge in [0, 0.05) is 32.1 Å². The SMILES string of the molecule is Cc1ccccc1CC(=O)N1CCN(C(=O)C2CC=CCC2)CC1. The van der Waals surface area contributed by atoms with E-state index in [4.69, 9.17) is 0 Å². The van der Waals surface area contributed by atoms with Crippen LogP contribution in [0.1, 0.15) is 30.4 Å². The van der Waals surface area contributed by atoms with Crippen LogP contribution in [0.15, 0.2) is 36.4 Å². The molecule has 4 heteroatoms. The number of rotatable bonds is 3. The highest BCUT2D eigenvalue weighted by Crippen LogP contribution is 2.21. The van der Waals surface area contributed by atoms with Crippen LogP contribution in [-0.2, 0) is 16.0 Å². The van der Waals surface area contributed by atoms with Crippen molar-refractivity contribution in [1.82, 2.24) is 9.80 Å². The summed E-state index contributed by atoms with van der Waals surface area (Å²) >= 11 is 0. The number of hydrogen-bond acceptors (Lipinski definition) is 2. The van der Waals surface area contributed by atoms with Crippen molar-refractivity contribution in [2.75, 3.05) is 26.2 Å². The molecule has 1 saturated heterocycles. The molecule has 1 fully saturated rings. The lowest BCUT2D eigenvalue weighted by Crippen LogP contribution is -2.52. The fraction of sp³-hybridized carbons (Fsp3) is 0.500. The molecule has 2 amide bonds. The lowest BCUT2D eigenvalue weighted by atomic mass is 9.93. The lowest BCUT2D eigenvalue weighted by Gasteiger charge is -2.36. The maximum absolute atomic E-state index is 12.6. The molecule has 0 radical (unpaired) electrons. The van der Waals surface area contributed by atoms with Gasteiger partial charge in [-0.1, -0.05) is 36.4 Å². The first kappa shape index (κ1) is 16.7. The lowest BCUT2D eigenvalue weighted by molar-refractivity contribution is -0.142. The Hall–Kier alpha value is -2.10. The van der Waals surface area contributed by atoms with E-state index in [1.807, 2.05) is 41.0 Å². The van der Waals surface area contributed by atoms with Crippen LogP contribution in [-0.4, -0.2) is 47.8 Å². The fourth-order valence-electron chi connectivity index (χ4n) is 3.54. The van der Waals surface area contributed by atoms with Gasteiger partial charge in [0.25, 0.3) is 0 Å². The molecule has 2 aliphatic rings. The van der Waals surface area contributed by atoms with Gasteiger partial charge in [-0.05, 0) is 37.3 Å². The monoisotopic (exact) mass is 326 g/mol. The molecule has 1 aromatic rings. The molecular formula is C20H26N2O2. The van der Waals surface area contributed by atoms with E-state index in [0.717, 1.165) is 30.4 Å². The Kier molecular flexibility index (Phi) is 5.34. The minimum atomic E-state index is 0.143. The Balaban J connectivity index is 1.51. The van der Waals surface area contributed by atoms with Gasteiger partial charge in [0.1, 0.15) is 0 Å². The second-order valence-corrected chi connectivity index (χ2v) is 6.79. The molecular weight excluding hydrogens is 300 g/mol. The molecule has 3 rings (SSSR count). The Morgan fingerprint density at radius 3 is 2.42 bits per heavy atom. The van der Waals surface area contributed by atoms with Gasteiger partial charge in [-0.25, -0.2) is 0 Å². The van der Waals surface area contributed by atoms with Gasteiger partial charge in [0.05, 0.1) is 6.42 Å². The Morgan fingerprint density at radius 2 is 1.75 bits per heavy atom. The summed E-state index contributed by atoms with van der Waals surface area (Å²) in [5.41, 5.74) is 2.25. The highest BCUT2D eigenvalue weighted by Gasteiger charge is 2.28. The summed E-state index contributed by atoms with van der Waals surface area (Å²) in [6, 6.07) is 8.03. The summed E-state index contributed by atoms with van der Waals surface area (Å²) in [6.07, 6.45) is 7.56. The average molecular weight is 326 g/mol. The number of amides is 2. The van der Waals surface area contributed by atoms with Gasteiger partial charge in [0.15, 0.2) is 0 Å². The quantitative estimate of drug-likeness (QED) is 0.801. The molecule has 0 bridgehead atoms. The molecule has 0 aromatic heterocycles. The number of carbonyl (C=O) groups excluding carboxylic acids is 2. The van der Waals surface area contributed by atoms with Crippen LogP contribution in [0, 0.1) is 12.8 Å². The third kappa shape index (κ3) is 3.86. The van der Waals surface area contributed by atoms with Gasteiger partial charge in [-0.15, -0.1) is 0 Å². The van der Waals surface area contributed by atoms with Crippen LogP contribution in [0.3, 0.4) is 0 Å². The van der Waals surface area contributed by atoms with Gasteiger partial charge in [-0.3, -0.25) is 9.59 Å². The number of carbonyl (C=O) groups is 2. The topological polar surface area (TPSA) is 40.6 Å². The molecule has 4 nitrogen and oxygen atoms in total. The molecule has 1 unspecified atom stereocenters. The molecule has 1 atom stereocenters. The van der Waals surface area contributed by atoms with E-state index in [-0.39, 0.29) is 17.7 Å². The summed E-state index contributed by atoms with van der Waals surface area (Å²) in [4.78, 5) is 28.9. The number of benzene rings is 1. The zero-order chi connectivity index (χ0) is 16.9. The number of nitrogens with zero attached hydrogens (tertiary/aromatic N) is 2. The van der Waals surface area contributed by atoms with E-state index in [0.29, 0.717) is 32.6 Å². The first-order valence-corrected chi connectivity index (χ1v) is 8.91. The number of allylic oxidation sites excluding steroid dienone is 2. The maximum atomic E-state index is 12.6. The predicted molar refractivity (Wildman–Crippen MR) is 94.5 cm³/mol. The van der Waals surface area contributed by atoms with E-state index >= 15 is 0 Å². The molecule has 0 spiro atoms. The second-order valence-electron chi connectivity index (χ2n) is 6.79. The highest BCUT2D eigenvalue weighted by atomic mass is 16.2. The standard InChI is InChI=1S/C20H26N2O2/c1-16-7-5-6-10-18(16)15-19(23)21-11-13-22(14-12-21)20(24)17-8-3-2-4-9-17/h2-3,5-7,10,17H,4,8-9,11-15H2,1H3. The van der Waals surface area contributed by atoms with E-state index in [9.17, 15) is 9.59 Å². The van der Waals surface area contributed by atoms with Crippen molar-refractivity contribution in [2.24, 2.45) is 5.92 Å². The number of piperazine rings is 1. The van der Waals surface area contributed by atoms with Crippen molar-refractivity contribution < 1.29 is 9.59 Å². The molecule has 1 aliphatic carbocycles. The van der Waals surface area contributed by atoms with Gasteiger partial charge in [0.2, 0.25) is 11.8 Å². The molecule has 24 heavy (non-hydrogen) atoms. The number of hydrogen-bond donors (Lipinski definition) is 0. The first-order valence-electron chi connectivity index (χ1n) is 8.91. The average Bonchev–Trinajstić information content (AvgIpc) is 2.64. The van der Waals surface area contributed by atoms with Crippen LogP contribution in [0.5, 0.6) is 0 Å². The van der Waals surface area contributed by atoms with Crippen LogP contribution < -0.4 is 0 Å². The Labute approximate surface area is 144 Å². The second kappa shape index (κ2) is 7.65. The number of aryl methyl sites for hydroxylation is 1. The van der Waals surface area contributed by atoms with Gasteiger partial charge in [-0.2, -0.15) is 0 Å². The normalized spacial score (nSPS) is 21.0. The van der Waals surface area contributed by atoms with Crippen molar-refractivity contribution in [3.8, 4) is 0 Å². The van der Waals surface area contributed by atoms with Crippen molar-refractivity contribution in [3.63, 3.8) is 0 Å². The minimum Gasteiger partial charge on any atom is -0.339 e. The Morgan fingerprint density at radius 1 is 1.04 bits per heavy atom. The summed E-state index contributed by atoms with van der Waals surface area (Å²) in [5.74, 6) is 0.576. The summed E-state index contributed by atoms with van der Waals surface area (Å²) in [6.45, 7) is 4.67. The Bertz CT molecular complexity index is 630. The van der Waals surface area contributed by atoms with Crippen molar-refractivity contribution in [3.05, 3.63) is 47.5 Å². The van der Waals surface area contributed by atoms with Gasteiger partial charge >= 0.3 is 0 Å². The smallest absolute Gasteiger partial charge is 0.227 e. The third-order valence-corrected chi connectivity index (χ3v) is 5.17. The maximum Gasteiger partial charge on any atom is 0.227 e. The summed E-state index contributed by atoms with van der Waals surface area (Å²) in [7, 11) is 0. The van der Waals surface area contributed by atoms with E-state index < -0.39 is 0 Å². The van der Waals surface area contributed by atoms with Crippen LogP contribution in [0.4, 0.5) is 0 Å². The third-order valence-electron chi connectivity index (χ3n) is 5.17. The zero-order valence-corrected chi connectivity index (χ0v) is 14.4. The van der Waals surface area contributed by atoms with Crippen LogP contribution in [0.2, 0.25) is 0 Å². The van der Waals surface area contributed by atoms with E-state index in [2.05, 4.69) is 12.2 Å². The molecule has 1 aliphatic heterocycles. The van der Waals surface area contributed by atoms with Crippen molar-refractivity contribution >= 4 is 11.8 Å². The van der Waals surface area contributed by atoms with E-state index in [1.165, 1.54) is 0 Å². The van der Waals surface area contributed by atoms with Crippen molar-refractivity contribution in [1.29, 1.82) is 0 Å². The largest absolute Gasteiger partial charge is 0.339 e. The van der Waals surface area contributed by atoms with Gasteiger partial charge < -0.3 is 9.80 Å². The summed E-state index contributed by atoms with van der Waals surface area (Å²) in [5, 5.41) is 0. The van der Waals surface area contributed by atoms with Crippen LogP contribution >= 0.6 is 0 Å². The van der Waals surface area contributed by atoms with E-state index in [1.54, 1.807) is 0 Å². The first-order chi connectivity index (χ1) is 11.6. The summed E-state index contributed by atoms with van der Waals surface area (Å²) < 4.78 is 0. The minimum absolute atomic E-state index is 0.143. The van der Waals surface area contributed by atoms with Crippen molar-refractivity contribution in [2.45, 2.75) is 32.6 Å². The molecule has 128 valence electrons. The van der Waals surface area contributed by atoms with Crippen LogP contribution in [0.25, 0.3) is 0 Å². The fourth-order valence-corrected chi connectivity index (χ4v) is 3.54. The zero-order valence-electron chi connectivity index (χ0n) is 14.4. The molecule has 1 aromatic carbocycles. The molecule has 0 N–H and O–H groups in total. The highest BCUT2D eigenvalue weighted by molar-refractivity contribution is 5.81. The molecule has 0 saturated carbocycles. The predicted octanol–water partition coefficient (Wildman–Crippen LogP) is 2.56. The molecule has 1 heterocycles.